The van der Waals surface area contributed by atoms with E-state index in [4.69, 9.17) is 14.2 Å². The molecule has 0 atom stereocenters. The van der Waals surface area contributed by atoms with Gasteiger partial charge in [0.1, 0.15) is 6.26 Å². The molecule has 0 aliphatic carbocycles. The molecule has 3 heterocycles. The van der Waals surface area contributed by atoms with Gasteiger partial charge in [-0.3, -0.25) is 9.78 Å². The number of hydrogen-bond donors (Lipinski definition) is 1. The molecule has 1 amide bonds. The van der Waals surface area contributed by atoms with E-state index in [1.54, 1.807) is 49.7 Å². The molecule has 1 N–H and O–H groups in total. The Morgan fingerprint density at radius 3 is 2.73 bits per heavy atom. The number of nitriles is 1. The predicted octanol–water partition coefficient (Wildman–Crippen LogP) is 2.94. The van der Waals surface area contributed by atoms with E-state index in [2.05, 4.69) is 31.5 Å². The first-order valence-corrected chi connectivity index (χ1v) is 9.11. The number of pyridine rings is 1. The van der Waals surface area contributed by atoms with E-state index in [-0.39, 0.29) is 5.91 Å². The zero-order valence-electron chi connectivity index (χ0n) is 16.0. The summed E-state index contributed by atoms with van der Waals surface area (Å²) >= 11 is 0. The van der Waals surface area contributed by atoms with Crippen molar-refractivity contribution in [2.24, 2.45) is 0 Å². The van der Waals surface area contributed by atoms with Gasteiger partial charge in [0, 0.05) is 43.4 Å². The van der Waals surface area contributed by atoms with Crippen LogP contribution in [0.25, 0.3) is 22.8 Å². The average Bonchev–Trinajstić information content (AvgIpc) is 3.43. The fourth-order valence-corrected chi connectivity index (χ4v) is 2.75. The smallest absolute Gasteiger partial charge is 0.252 e. The van der Waals surface area contributed by atoms with E-state index in [1.165, 1.54) is 6.20 Å². The number of amides is 1. The molecule has 0 spiro atoms. The van der Waals surface area contributed by atoms with Crippen molar-refractivity contribution in [2.75, 3.05) is 6.54 Å². The molecule has 0 saturated heterocycles. The number of benzene rings is 1. The molecule has 0 aliphatic heterocycles. The second-order valence-electron chi connectivity index (χ2n) is 6.44. The molecule has 3 aromatic heterocycles. The van der Waals surface area contributed by atoms with Crippen LogP contribution in [0, 0.1) is 18.3 Å². The third-order valence-electron chi connectivity index (χ3n) is 4.27. The first kappa shape index (κ1) is 19.0. The third kappa shape index (κ3) is 4.23. The molecule has 0 fully saturated rings. The van der Waals surface area contributed by atoms with Crippen LogP contribution in [0.1, 0.15) is 27.5 Å². The highest BCUT2D eigenvalue weighted by Crippen LogP contribution is 2.19. The van der Waals surface area contributed by atoms with Gasteiger partial charge in [-0.05, 0) is 30.3 Å². The van der Waals surface area contributed by atoms with E-state index in [9.17, 15) is 4.79 Å². The minimum atomic E-state index is -0.264. The summed E-state index contributed by atoms with van der Waals surface area (Å²) in [4.78, 5) is 25.1. The molecule has 4 rings (SSSR count). The maximum Gasteiger partial charge on any atom is 0.252 e. The molecule has 0 radical (unpaired) electrons. The van der Waals surface area contributed by atoms with Crippen molar-refractivity contribution in [1.29, 1.82) is 5.26 Å². The maximum atomic E-state index is 12.4. The molecule has 0 unspecified atom stereocenters. The average molecular weight is 400 g/mol. The molecule has 4 aromatic rings. The summed E-state index contributed by atoms with van der Waals surface area (Å²) in [7, 11) is 0. The van der Waals surface area contributed by atoms with E-state index in [0.717, 1.165) is 5.56 Å². The van der Waals surface area contributed by atoms with Gasteiger partial charge in [-0.1, -0.05) is 5.16 Å². The van der Waals surface area contributed by atoms with E-state index >= 15 is 0 Å². The van der Waals surface area contributed by atoms with Crippen LogP contribution in [0.4, 0.5) is 0 Å². The number of carbonyl (C=O) groups is 1. The lowest BCUT2D eigenvalue weighted by atomic mass is 10.1. The Bertz CT molecular complexity index is 1220. The van der Waals surface area contributed by atoms with Crippen molar-refractivity contribution >= 4 is 5.91 Å². The van der Waals surface area contributed by atoms with Gasteiger partial charge in [0.05, 0.1) is 22.9 Å². The van der Waals surface area contributed by atoms with Gasteiger partial charge < -0.3 is 14.3 Å². The van der Waals surface area contributed by atoms with Gasteiger partial charge in [0.15, 0.2) is 0 Å². The zero-order valence-corrected chi connectivity index (χ0v) is 16.0. The lowest BCUT2D eigenvalue weighted by molar-refractivity contribution is 0.0953. The van der Waals surface area contributed by atoms with Crippen LogP contribution in [0.2, 0.25) is 0 Å². The van der Waals surface area contributed by atoms with E-state index < -0.39 is 0 Å². The number of nitrogens with one attached hydrogen (secondary N) is 1. The van der Waals surface area contributed by atoms with Crippen molar-refractivity contribution in [2.45, 2.75) is 13.3 Å². The van der Waals surface area contributed by atoms with Crippen LogP contribution in [-0.2, 0) is 6.42 Å². The standard InChI is InChI=1S/C21H16N6O3/c1-13-25-19(27-30-13)16-8-17(11-23-10-16)20(28)24-7-6-18-12-29-21(26-18)15-4-2-14(9-22)3-5-15/h2-5,8,10-12H,6-7H2,1H3,(H,24,28). The Kier molecular flexibility index (Phi) is 5.30. The summed E-state index contributed by atoms with van der Waals surface area (Å²) in [5.41, 5.74) is 3.06. The Morgan fingerprint density at radius 2 is 2.00 bits per heavy atom. The number of oxazole rings is 1. The molecular formula is C21H16N6O3. The first-order chi connectivity index (χ1) is 14.6. The van der Waals surface area contributed by atoms with Gasteiger partial charge in [0.25, 0.3) is 5.91 Å². The number of carbonyl (C=O) groups excluding carboxylic acids is 1. The maximum absolute atomic E-state index is 12.4. The number of nitrogens with zero attached hydrogens (tertiary/aromatic N) is 5. The van der Waals surface area contributed by atoms with E-state index in [1.807, 2.05) is 0 Å². The predicted molar refractivity (Wildman–Crippen MR) is 105 cm³/mol. The van der Waals surface area contributed by atoms with Crippen LogP contribution >= 0.6 is 0 Å². The highest BCUT2D eigenvalue weighted by molar-refractivity contribution is 5.94. The molecule has 9 nitrogen and oxygen atoms in total. The molecule has 0 aliphatic rings. The minimum Gasteiger partial charge on any atom is -0.444 e. The van der Waals surface area contributed by atoms with Gasteiger partial charge in [-0.15, -0.1) is 0 Å². The Labute approximate surface area is 171 Å². The summed E-state index contributed by atoms with van der Waals surface area (Å²) in [5.74, 6) is 1.02. The fraction of sp³-hybridized carbons (Fsp3) is 0.143. The van der Waals surface area contributed by atoms with Crippen LogP contribution < -0.4 is 5.32 Å². The van der Waals surface area contributed by atoms with Crippen LogP contribution in [0.3, 0.4) is 0 Å². The topological polar surface area (TPSA) is 131 Å². The largest absolute Gasteiger partial charge is 0.444 e. The quantitative estimate of drug-likeness (QED) is 0.523. The number of aryl methyl sites for hydroxylation is 1. The summed E-state index contributed by atoms with van der Waals surface area (Å²) in [6.07, 6.45) is 5.11. The van der Waals surface area contributed by atoms with E-state index in [0.29, 0.717) is 53.0 Å². The number of aromatic nitrogens is 4. The number of rotatable bonds is 6. The lowest BCUT2D eigenvalue weighted by Gasteiger charge is -2.04. The molecule has 9 heteroatoms. The van der Waals surface area contributed by atoms with Gasteiger partial charge in [-0.25, -0.2) is 4.98 Å². The number of hydrogen-bond acceptors (Lipinski definition) is 8. The highest BCUT2D eigenvalue weighted by Gasteiger charge is 2.12. The molecule has 30 heavy (non-hydrogen) atoms. The van der Waals surface area contributed by atoms with Crippen molar-refractivity contribution in [1.82, 2.24) is 25.4 Å². The van der Waals surface area contributed by atoms with Crippen LogP contribution in [0.15, 0.2) is 57.9 Å². The van der Waals surface area contributed by atoms with Crippen molar-refractivity contribution < 1.29 is 13.7 Å². The zero-order chi connectivity index (χ0) is 20.9. The van der Waals surface area contributed by atoms with Crippen molar-refractivity contribution in [3.8, 4) is 28.9 Å². The second-order valence-corrected chi connectivity index (χ2v) is 6.44. The van der Waals surface area contributed by atoms with Gasteiger partial charge in [0.2, 0.25) is 17.6 Å². The molecule has 148 valence electrons. The summed E-state index contributed by atoms with van der Waals surface area (Å²) < 4.78 is 10.5. The summed E-state index contributed by atoms with van der Waals surface area (Å²) in [6.45, 7) is 2.07. The molecular weight excluding hydrogens is 384 g/mol. The minimum absolute atomic E-state index is 0.264. The lowest BCUT2D eigenvalue weighted by Crippen LogP contribution is -2.25. The monoisotopic (exact) mass is 400 g/mol. The Hall–Kier alpha value is -4.32. The SMILES string of the molecule is Cc1nc(-c2cncc(C(=O)NCCc3coc(-c4ccc(C#N)cc4)n3)c2)no1. The fourth-order valence-electron chi connectivity index (χ4n) is 2.75. The first-order valence-electron chi connectivity index (χ1n) is 9.11. The van der Waals surface area contributed by atoms with Crippen LogP contribution in [-0.4, -0.2) is 32.6 Å². The Balaban J connectivity index is 1.35. The van der Waals surface area contributed by atoms with Crippen LogP contribution in [0.5, 0.6) is 0 Å². The summed E-state index contributed by atoms with van der Waals surface area (Å²) in [6, 6.07) is 10.7. The molecule has 1 aromatic carbocycles. The van der Waals surface area contributed by atoms with Gasteiger partial charge in [-0.2, -0.15) is 10.2 Å². The molecule has 0 saturated carbocycles. The van der Waals surface area contributed by atoms with Crippen molar-refractivity contribution in [3.63, 3.8) is 0 Å². The third-order valence-corrected chi connectivity index (χ3v) is 4.27. The highest BCUT2D eigenvalue weighted by atomic mass is 16.5. The van der Waals surface area contributed by atoms with Gasteiger partial charge >= 0.3 is 0 Å². The summed E-state index contributed by atoms with van der Waals surface area (Å²) in [5, 5.41) is 15.5. The molecule has 0 bridgehead atoms. The van der Waals surface area contributed by atoms with Crippen molar-refractivity contribution in [3.05, 3.63) is 71.7 Å². The normalized spacial score (nSPS) is 10.5. The second kappa shape index (κ2) is 8.36. The Morgan fingerprint density at radius 1 is 1.17 bits per heavy atom.